The summed E-state index contributed by atoms with van der Waals surface area (Å²) in [5.41, 5.74) is 3.24. The lowest BCUT2D eigenvalue weighted by Crippen LogP contribution is -2.13. The van der Waals surface area contributed by atoms with Crippen molar-refractivity contribution in [2.75, 3.05) is 12.4 Å². The number of halogens is 2. The number of methoxy groups -OCH3 is 1. The van der Waals surface area contributed by atoms with Gasteiger partial charge in [-0.3, -0.25) is 4.79 Å². The predicted octanol–water partition coefficient (Wildman–Crippen LogP) is 6.36. The van der Waals surface area contributed by atoms with E-state index in [1.54, 1.807) is 19.2 Å². The monoisotopic (exact) mass is 503 g/mol. The molecule has 0 spiro atoms. The first kappa shape index (κ1) is 20.4. The van der Waals surface area contributed by atoms with Gasteiger partial charge in [-0.2, -0.15) is 0 Å². The smallest absolute Gasteiger partial charge is 0.255 e. The van der Waals surface area contributed by atoms with Crippen LogP contribution < -0.4 is 14.8 Å². The molecule has 0 saturated heterocycles. The maximum absolute atomic E-state index is 12.7. The Kier molecular flexibility index (Phi) is 6.75. The summed E-state index contributed by atoms with van der Waals surface area (Å²) in [5.74, 6) is 0.824. The van der Waals surface area contributed by atoms with Crippen molar-refractivity contribution >= 4 is 43.5 Å². The third-order valence-electron chi connectivity index (χ3n) is 4.15. The van der Waals surface area contributed by atoms with Crippen LogP contribution in [-0.4, -0.2) is 13.0 Å². The maximum atomic E-state index is 12.7. The van der Waals surface area contributed by atoms with Gasteiger partial charge in [0.2, 0.25) is 0 Å². The molecule has 0 aliphatic carbocycles. The lowest BCUT2D eigenvalue weighted by atomic mass is 10.1. The van der Waals surface area contributed by atoms with Gasteiger partial charge < -0.3 is 14.8 Å². The molecule has 0 unspecified atom stereocenters. The highest BCUT2D eigenvalue weighted by Gasteiger charge is 2.16. The fourth-order valence-electron chi connectivity index (χ4n) is 2.68. The Morgan fingerprint density at radius 1 is 1.04 bits per heavy atom. The summed E-state index contributed by atoms with van der Waals surface area (Å²) in [7, 11) is 1.55. The molecule has 0 atom stereocenters. The van der Waals surface area contributed by atoms with E-state index >= 15 is 0 Å². The molecule has 0 saturated carbocycles. The van der Waals surface area contributed by atoms with Crippen LogP contribution in [0.5, 0.6) is 11.5 Å². The molecule has 144 valence electrons. The molecule has 0 bridgehead atoms. The minimum atomic E-state index is -0.223. The molecule has 0 radical (unpaired) electrons. The molecule has 1 N–H and O–H groups in total. The van der Waals surface area contributed by atoms with E-state index in [4.69, 9.17) is 9.47 Å². The van der Waals surface area contributed by atoms with Gasteiger partial charge in [0.1, 0.15) is 6.61 Å². The number of carbonyl (C=O) groups excluding carboxylic acids is 1. The van der Waals surface area contributed by atoms with Crippen molar-refractivity contribution in [3.63, 3.8) is 0 Å². The van der Waals surface area contributed by atoms with E-state index in [0.717, 1.165) is 21.3 Å². The van der Waals surface area contributed by atoms with Crippen LogP contribution in [-0.2, 0) is 6.61 Å². The summed E-state index contributed by atoms with van der Waals surface area (Å²) in [4.78, 5) is 12.7. The molecule has 0 aliphatic heterocycles. The first-order valence-electron chi connectivity index (χ1n) is 8.59. The number of amides is 1. The van der Waals surface area contributed by atoms with Crippen molar-refractivity contribution < 1.29 is 14.3 Å². The standard InChI is InChI=1S/C22H19Br2NO3/c1-14-10-17(23)8-9-19(14)25-22(26)16-11-18(24)21(20(12-16)27-2)28-13-15-6-4-3-5-7-15/h3-12H,13H2,1-2H3,(H,25,26). The average Bonchev–Trinajstić information content (AvgIpc) is 2.69. The summed E-state index contributed by atoms with van der Waals surface area (Å²) in [5, 5.41) is 2.93. The molecule has 6 heteroatoms. The Bertz CT molecular complexity index is 991. The summed E-state index contributed by atoms with van der Waals surface area (Å²) in [6, 6.07) is 19.0. The summed E-state index contributed by atoms with van der Waals surface area (Å²) < 4.78 is 13.0. The summed E-state index contributed by atoms with van der Waals surface area (Å²) >= 11 is 6.92. The van der Waals surface area contributed by atoms with E-state index in [1.807, 2.05) is 55.5 Å². The van der Waals surface area contributed by atoms with Gasteiger partial charge >= 0.3 is 0 Å². The molecule has 1 amide bonds. The lowest BCUT2D eigenvalue weighted by molar-refractivity contribution is 0.102. The zero-order valence-corrected chi connectivity index (χ0v) is 18.6. The normalized spacial score (nSPS) is 10.4. The Hall–Kier alpha value is -2.31. The third kappa shape index (κ3) is 4.94. The van der Waals surface area contributed by atoms with Gasteiger partial charge in [-0.1, -0.05) is 46.3 Å². The fraction of sp³-hybridized carbons (Fsp3) is 0.136. The quantitative estimate of drug-likeness (QED) is 0.424. The molecule has 0 heterocycles. The van der Waals surface area contributed by atoms with Gasteiger partial charge in [-0.15, -0.1) is 0 Å². The van der Waals surface area contributed by atoms with Crippen LogP contribution in [0.1, 0.15) is 21.5 Å². The molecule has 3 aromatic rings. The molecule has 4 nitrogen and oxygen atoms in total. The number of hydrogen-bond donors (Lipinski definition) is 1. The Morgan fingerprint density at radius 3 is 2.46 bits per heavy atom. The first-order valence-corrected chi connectivity index (χ1v) is 10.2. The Morgan fingerprint density at radius 2 is 1.79 bits per heavy atom. The van der Waals surface area contributed by atoms with Gasteiger partial charge in [0.25, 0.3) is 5.91 Å². The summed E-state index contributed by atoms with van der Waals surface area (Å²) in [6.45, 7) is 2.34. The van der Waals surface area contributed by atoms with Gasteiger partial charge in [-0.05, 0) is 64.3 Å². The van der Waals surface area contributed by atoms with Crippen LogP contribution >= 0.6 is 31.9 Å². The average molecular weight is 505 g/mol. The number of aryl methyl sites for hydroxylation is 1. The molecule has 3 aromatic carbocycles. The molecule has 3 rings (SSSR count). The zero-order chi connectivity index (χ0) is 20.1. The van der Waals surface area contributed by atoms with Crippen molar-refractivity contribution in [1.82, 2.24) is 0 Å². The van der Waals surface area contributed by atoms with Crippen LogP contribution in [0.3, 0.4) is 0 Å². The third-order valence-corrected chi connectivity index (χ3v) is 5.24. The molecule has 0 aromatic heterocycles. The molecular formula is C22H19Br2NO3. The van der Waals surface area contributed by atoms with Crippen LogP contribution in [0, 0.1) is 6.92 Å². The van der Waals surface area contributed by atoms with Gasteiger partial charge in [-0.25, -0.2) is 0 Å². The van der Waals surface area contributed by atoms with Gasteiger partial charge in [0, 0.05) is 15.7 Å². The Balaban J connectivity index is 1.80. The van der Waals surface area contributed by atoms with E-state index < -0.39 is 0 Å². The van der Waals surface area contributed by atoms with Crippen molar-refractivity contribution in [3.8, 4) is 11.5 Å². The van der Waals surface area contributed by atoms with Crippen LogP contribution in [0.25, 0.3) is 0 Å². The number of hydrogen-bond acceptors (Lipinski definition) is 3. The van der Waals surface area contributed by atoms with Crippen LogP contribution in [0.2, 0.25) is 0 Å². The molecule has 28 heavy (non-hydrogen) atoms. The number of rotatable bonds is 6. The zero-order valence-electron chi connectivity index (χ0n) is 15.5. The SMILES string of the molecule is COc1cc(C(=O)Nc2ccc(Br)cc2C)cc(Br)c1OCc1ccccc1. The van der Waals surface area contributed by atoms with E-state index in [0.29, 0.717) is 28.1 Å². The number of anilines is 1. The molecule has 0 aliphatic rings. The van der Waals surface area contributed by atoms with Gasteiger partial charge in [0.05, 0.1) is 11.6 Å². The first-order chi connectivity index (χ1) is 13.5. The fourth-order valence-corrected chi connectivity index (χ4v) is 3.71. The van der Waals surface area contributed by atoms with Crippen molar-refractivity contribution in [3.05, 3.63) is 86.3 Å². The second-order valence-corrected chi connectivity index (χ2v) is 7.95. The van der Waals surface area contributed by atoms with Crippen LogP contribution in [0.4, 0.5) is 5.69 Å². The van der Waals surface area contributed by atoms with Crippen molar-refractivity contribution in [2.45, 2.75) is 13.5 Å². The second kappa shape index (κ2) is 9.26. The number of ether oxygens (including phenoxy) is 2. The lowest BCUT2D eigenvalue weighted by Gasteiger charge is -2.15. The largest absolute Gasteiger partial charge is 0.493 e. The summed E-state index contributed by atoms with van der Waals surface area (Å²) in [6.07, 6.45) is 0. The minimum absolute atomic E-state index is 0.223. The molecular weight excluding hydrogens is 486 g/mol. The maximum Gasteiger partial charge on any atom is 0.255 e. The Labute approximate surface area is 181 Å². The molecule has 0 fully saturated rings. The highest BCUT2D eigenvalue weighted by Crippen LogP contribution is 2.37. The van der Waals surface area contributed by atoms with Crippen LogP contribution in [0.15, 0.2) is 69.6 Å². The van der Waals surface area contributed by atoms with Crippen molar-refractivity contribution in [2.24, 2.45) is 0 Å². The highest BCUT2D eigenvalue weighted by atomic mass is 79.9. The topological polar surface area (TPSA) is 47.6 Å². The number of nitrogens with one attached hydrogen (secondary N) is 1. The van der Waals surface area contributed by atoms with E-state index in [9.17, 15) is 4.79 Å². The highest BCUT2D eigenvalue weighted by molar-refractivity contribution is 9.10. The number of carbonyl (C=O) groups is 1. The minimum Gasteiger partial charge on any atom is -0.493 e. The second-order valence-electron chi connectivity index (χ2n) is 6.18. The van der Waals surface area contributed by atoms with Gasteiger partial charge in [0.15, 0.2) is 11.5 Å². The van der Waals surface area contributed by atoms with Crippen molar-refractivity contribution in [1.29, 1.82) is 0 Å². The predicted molar refractivity (Wildman–Crippen MR) is 118 cm³/mol. The van der Waals surface area contributed by atoms with E-state index in [1.165, 1.54) is 0 Å². The van der Waals surface area contributed by atoms with E-state index in [-0.39, 0.29) is 5.91 Å². The number of benzene rings is 3. The van der Waals surface area contributed by atoms with E-state index in [2.05, 4.69) is 37.2 Å².